The summed E-state index contributed by atoms with van der Waals surface area (Å²) in [6.07, 6.45) is 0. The summed E-state index contributed by atoms with van der Waals surface area (Å²) in [5.74, 6) is 0.868. The van der Waals surface area contributed by atoms with Crippen molar-refractivity contribution in [2.24, 2.45) is 0 Å². The number of hydrogen-bond acceptors (Lipinski definition) is 3. The molecule has 0 fully saturated rings. The summed E-state index contributed by atoms with van der Waals surface area (Å²) >= 11 is 6.01. The smallest absolute Gasteiger partial charge is 0.123 e. The molecule has 0 spiro atoms. The molecule has 0 amide bonds. The normalized spacial score (nSPS) is 13.4. The molecule has 1 aromatic rings. The number of ether oxygens (including phenoxy) is 1. The molecule has 0 aliphatic heterocycles. The standard InChI is InChI=1S/C15H25ClN2O/c1-11(9-18-15(2,3)4)17-10-12-8-13(16)6-7-14(12)19-5/h6-8,11,17-18H,9-10H2,1-5H3. The van der Waals surface area contributed by atoms with Crippen molar-refractivity contribution in [2.75, 3.05) is 13.7 Å². The van der Waals surface area contributed by atoms with Gasteiger partial charge in [0.15, 0.2) is 0 Å². The molecule has 1 rings (SSSR count). The lowest BCUT2D eigenvalue weighted by atomic mass is 10.1. The van der Waals surface area contributed by atoms with Crippen molar-refractivity contribution < 1.29 is 4.74 Å². The molecule has 1 atom stereocenters. The van der Waals surface area contributed by atoms with Crippen LogP contribution in [0.5, 0.6) is 5.75 Å². The first-order valence-electron chi connectivity index (χ1n) is 6.62. The number of methoxy groups -OCH3 is 1. The predicted octanol–water partition coefficient (Wildman–Crippen LogP) is 3.21. The van der Waals surface area contributed by atoms with Crippen LogP contribution in [-0.2, 0) is 6.54 Å². The van der Waals surface area contributed by atoms with E-state index >= 15 is 0 Å². The first-order chi connectivity index (χ1) is 8.81. The lowest BCUT2D eigenvalue weighted by Crippen LogP contribution is -2.44. The molecular weight excluding hydrogens is 260 g/mol. The monoisotopic (exact) mass is 284 g/mol. The maximum atomic E-state index is 6.01. The Kier molecular flexibility index (Phi) is 6.11. The van der Waals surface area contributed by atoms with Gasteiger partial charge in [0.05, 0.1) is 7.11 Å². The van der Waals surface area contributed by atoms with Gasteiger partial charge in [0.1, 0.15) is 5.75 Å². The Bertz CT molecular complexity index is 402. The molecule has 1 unspecified atom stereocenters. The molecule has 0 aliphatic rings. The molecule has 3 nitrogen and oxygen atoms in total. The molecule has 2 N–H and O–H groups in total. The Labute approximate surface area is 121 Å². The molecule has 0 aliphatic carbocycles. The van der Waals surface area contributed by atoms with Crippen molar-refractivity contribution in [2.45, 2.75) is 45.8 Å². The van der Waals surface area contributed by atoms with E-state index in [4.69, 9.17) is 16.3 Å². The van der Waals surface area contributed by atoms with Crippen molar-refractivity contribution in [1.29, 1.82) is 0 Å². The maximum Gasteiger partial charge on any atom is 0.123 e. The third-order valence-electron chi connectivity index (χ3n) is 2.82. The van der Waals surface area contributed by atoms with Gasteiger partial charge in [0.25, 0.3) is 0 Å². The van der Waals surface area contributed by atoms with Crippen LogP contribution in [0.15, 0.2) is 18.2 Å². The number of nitrogens with one attached hydrogen (secondary N) is 2. The fourth-order valence-corrected chi connectivity index (χ4v) is 1.90. The third-order valence-corrected chi connectivity index (χ3v) is 3.06. The first-order valence-corrected chi connectivity index (χ1v) is 7.00. The summed E-state index contributed by atoms with van der Waals surface area (Å²) in [5.41, 5.74) is 1.22. The van der Waals surface area contributed by atoms with Gasteiger partial charge in [-0.25, -0.2) is 0 Å². The van der Waals surface area contributed by atoms with Gasteiger partial charge in [-0.2, -0.15) is 0 Å². The van der Waals surface area contributed by atoms with Crippen LogP contribution in [0.3, 0.4) is 0 Å². The summed E-state index contributed by atoms with van der Waals surface area (Å²) < 4.78 is 5.33. The average molecular weight is 285 g/mol. The van der Waals surface area contributed by atoms with E-state index in [2.05, 4.69) is 38.3 Å². The van der Waals surface area contributed by atoms with E-state index in [-0.39, 0.29) is 5.54 Å². The predicted molar refractivity (Wildman–Crippen MR) is 82.1 cm³/mol. The largest absolute Gasteiger partial charge is 0.496 e. The third kappa shape index (κ3) is 6.28. The Morgan fingerprint density at radius 3 is 2.58 bits per heavy atom. The van der Waals surface area contributed by atoms with E-state index < -0.39 is 0 Å². The van der Waals surface area contributed by atoms with E-state index in [0.29, 0.717) is 6.04 Å². The molecule has 0 radical (unpaired) electrons. The minimum Gasteiger partial charge on any atom is -0.496 e. The van der Waals surface area contributed by atoms with E-state index in [1.807, 2.05) is 18.2 Å². The van der Waals surface area contributed by atoms with Crippen molar-refractivity contribution in [3.05, 3.63) is 28.8 Å². The summed E-state index contributed by atoms with van der Waals surface area (Å²) in [5, 5.41) is 7.68. The van der Waals surface area contributed by atoms with Crippen LogP contribution in [0, 0.1) is 0 Å². The molecule has 4 heteroatoms. The van der Waals surface area contributed by atoms with Gasteiger partial charge >= 0.3 is 0 Å². The van der Waals surface area contributed by atoms with Crippen molar-refractivity contribution in [3.8, 4) is 5.75 Å². The summed E-state index contributed by atoms with van der Waals surface area (Å²) in [7, 11) is 1.68. The van der Waals surface area contributed by atoms with Gasteiger partial charge in [-0.05, 0) is 45.9 Å². The zero-order valence-corrected chi connectivity index (χ0v) is 13.3. The van der Waals surface area contributed by atoms with Gasteiger partial charge in [0.2, 0.25) is 0 Å². The average Bonchev–Trinajstić information content (AvgIpc) is 2.33. The van der Waals surface area contributed by atoms with Crippen molar-refractivity contribution >= 4 is 11.6 Å². The Morgan fingerprint density at radius 1 is 1.32 bits per heavy atom. The highest BCUT2D eigenvalue weighted by molar-refractivity contribution is 6.30. The van der Waals surface area contributed by atoms with Crippen LogP contribution in [0.2, 0.25) is 5.02 Å². The zero-order chi connectivity index (χ0) is 14.5. The van der Waals surface area contributed by atoms with Crippen molar-refractivity contribution in [1.82, 2.24) is 10.6 Å². The minimum absolute atomic E-state index is 0.143. The minimum atomic E-state index is 0.143. The Hall–Kier alpha value is -0.770. The molecule has 1 aromatic carbocycles. The second-order valence-corrected chi connectivity index (χ2v) is 6.31. The van der Waals surface area contributed by atoms with Crippen LogP contribution >= 0.6 is 11.6 Å². The molecule has 0 bridgehead atoms. The Balaban J connectivity index is 2.50. The van der Waals surface area contributed by atoms with Crippen LogP contribution in [0.1, 0.15) is 33.3 Å². The fraction of sp³-hybridized carbons (Fsp3) is 0.600. The number of hydrogen-bond donors (Lipinski definition) is 2. The fourth-order valence-electron chi connectivity index (χ4n) is 1.70. The van der Waals surface area contributed by atoms with Crippen LogP contribution < -0.4 is 15.4 Å². The molecule has 0 aromatic heterocycles. The van der Waals surface area contributed by atoms with E-state index in [9.17, 15) is 0 Å². The zero-order valence-electron chi connectivity index (χ0n) is 12.5. The van der Waals surface area contributed by atoms with Gasteiger partial charge in [0, 0.05) is 35.3 Å². The quantitative estimate of drug-likeness (QED) is 0.841. The van der Waals surface area contributed by atoms with Gasteiger partial charge in [-0.15, -0.1) is 0 Å². The second-order valence-electron chi connectivity index (χ2n) is 5.87. The Morgan fingerprint density at radius 2 is 2.00 bits per heavy atom. The molecule has 0 saturated carbocycles. The summed E-state index contributed by atoms with van der Waals surface area (Å²) in [6, 6.07) is 6.06. The number of halogens is 1. The first kappa shape index (κ1) is 16.3. The highest BCUT2D eigenvalue weighted by atomic mass is 35.5. The molecular formula is C15H25ClN2O. The highest BCUT2D eigenvalue weighted by Gasteiger charge is 2.11. The van der Waals surface area contributed by atoms with E-state index in [1.54, 1.807) is 7.11 Å². The second kappa shape index (κ2) is 7.13. The molecule has 19 heavy (non-hydrogen) atoms. The lowest BCUT2D eigenvalue weighted by molar-refractivity contribution is 0.381. The van der Waals surface area contributed by atoms with Gasteiger partial charge in [-0.3, -0.25) is 0 Å². The number of benzene rings is 1. The summed E-state index contributed by atoms with van der Waals surface area (Å²) in [4.78, 5) is 0. The SMILES string of the molecule is COc1ccc(Cl)cc1CNC(C)CNC(C)(C)C. The highest BCUT2D eigenvalue weighted by Crippen LogP contribution is 2.22. The molecule has 0 saturated heterocycles. The van der Waals surface area contributed by atoms with Gasteiger partial charge < -0.3 is 15.4 Å². The van der Waals surface area contributed by atoms with Crippen LogP contribution in [0.4, 0.5) is 0 Å². The number of rotatable bonds is 6. The van der Waals surface area contributed by atoms with E-state index in [0.717, 1.165) is 29.4 Å². The van der Waals surface area contributed by atoms with Crippen LogP contribution in [-0.4, -0.2) is 25.2 Å². The van der Waals surface area contributed by atoms with Crippen molar-refractivity contribution in [3.63, 3.8) is 0 Å². The molecule has 0 heterocycles. The topological polar surface area (TPSA) is 33.3 Å². The molecule has 108 valence electrons. The van der Waals surface area contributed by atoms with E-state index in [1.165, 1.54) is 0 Å². The summed E-state index contributed by atoms with van der Waals surface area (Å²) in [6.45, 7) is 10.3. The maximum absolute atomic E-state index is 6.01. The van der Waals surface area contributed by atoms with Gasteiger partial charge in [-0.1, -0.05) is 11.6 Å². The van der Waals surface area contributed by atoms with Crippen LogP contribution in [0.25, 0.3) is 0 Å². The lowest BCUT2D eigenvalue weighted by Gasteiger charge is -2.24.